The standard InChI is InChI=1S/C16H13NO3/c1-19-12-8-6-11(7-9-12)17-10-15-13-4-2-3-5-14(13)16(18)20-15/h2-10,18H,1H3. The fraction of sp³-hybridized carbons (Fsp3) is 0.0625. The van der Waals surface area contributed by atoms with Crippen LogP contribution in [0.5, 0.6) is 11.7 Å². The van der Waals surface area contributed by atoms with Gasteiger partial charge in [0.1, 0.15) is 5.75 Å². The summed E-state index contributed by atoms with van der Waals surface area (Å²) in [5.74, 6) is 1.23. The first-order chi connectivity index (χ1) is 9.78. The molecular weight excluding hydrogens is 254 g/mol. The van der Waals surface area contributed by atoms with Crippen LogP contribution in [0.25, 0.3) is 10.8 Å². The lowest BCUT2D eigenvalue weighted by atomic mass is 10.2. The van der Waals surface area contributed by atoms with Crippen LogP contribution in [0.15, 0.2) is 57.9 Å². The largest absolute Gasteiger partial charge is 0.497 e. The lowest BCUT2D eigenvalue weighted by Gasteiger charge is -1.98. The van der Waals surface area contributed by atoms with Gasteiger partial charge in [-0.1, -0.05) is 18.2 Å². The highest BCUT2D eigenvalue weighted by atomic mass is 16.5. The predicted molar refractivity (Wildman–Crippen MR) is 78.1 cm³/mol. The molecule has 0 saturated heterocycles. The van der Waals surface area contributed by atoms with E-state index in [1.165, 1.54) is 0 Å². The number of aliphatic imine (C=N–C) groups is 1. The Morgan fingerprint density at radius 3 is 2.45 bits per heavy atom. The summed E-state index contributed by atoms with van der Waals surface area (Å²) in [6.07, 6.45) is 1.60. The molecule has 4 nitrogen and oxygen atoms in total. The van der Waals surface area contributed by atoms with Crippen LogP contribution in [0.2, 0.25) is 0 Å². The maximum absolute atomic E-state index is 9.71. The minimum absolute atomic E-state index is 0.0863. The number of hydrogen-bond acceptors (Lipinski definition) is 4. The first-order valence-electron chi connectivity index (χ1n) is 6.16. The molecule has 4 heteroatoms. The summed E-state index contributed by atoms with van der Waals surface area (Å²) in [4.78, 5) is 4.33. The van der Waals surface area contributed by atoms with Crippen molar-refractivity contribution in [3.05, 3.63) is 54.3 Å². The van der Waals surface area contributed by atoms with Crippen LogP contribution in [-0.2, 0) is 0 Å². The second-order valence-corrected chi connectivity index (χ2v) is 4.27. The third-order valence-corrected chi connectivity index (χ3v) is 3.03. The number of methoxy groups -OCH3 is 1. The molecule has 100 valence electrons. The van der Waals surface area contributed by atoms with Crippen LogP contribution in [0.3, 0.4) is 0 Å². The van der Waals surface area contributed by atoms with Crippen LogP contribution in [0, 0.1) is 0 Å². The predicted octanol–water partition coefficient (Wildman–Crippen LogP) is 3.90. The van der Waals surface area contributed by atoms with Crippen molar-refractivity contribution in [1.29, 1.82) is 0 Å². The molecule has 3 aromatic rings. The van der Waals surface area contributed by atoms with E-state index in [1.807, 2.05) is 42.5 Å². The maximum Gasteiger partial charge on any atom is 0.290 e. The normalized spacial score (nSPS) is 11.2. The first-order valence-corrected chi connectivity index (χ1v) is 6.16. The first kappa shape index (κ1) is 12.3. The fourth-order valence-electron chi connectivity index (χ4n) is 2.00. The zero-order valence-electron chi connectivity index (χ0n) is 10.9. The van der Waals surface area contributed by atoms with E-state index in [1.54, 1.807) is 19.4 Å². The lowest BCUT2D eigenvalue weighted by molar-refractivity contribution is 0.336. The third-order valence-electron chi connectivity index (χ3n) is 3.03. The quantitative estimate of drug-likeness (QED) is 0.732. The third kappa shape index (κ3) is 2.23. The molecular formula is C16H13NO3. The highest BCUT2D eigenvalue weighted by molar-refractivity contribution is 6.00. The second kappa shape index (κ2) is 5.09. The molecule has 1 N–H and O–H groups in total. The number of benzene rings is 2. The number of ether oxygens (including phenoxy) is 1. The van der Waals surface area contributed by atoms with Crippen LogP contribution >= 0.6 is 0 Å². The van der Waals surface area contributed by atoms with Gasteiger partial charge in [-0.05, 0) is 30.3 Å². The van der Waals surface area contributed by atoms with Gasteiger partial charge in [0.15, 0.2) is 5.76 Å². The Balaban J connectivity index is 1.94. The number of nitrogens with zero attached hydrogens (tertiary/aromatic N) is 1. The van der Waals surface area contributed by atoms with Gasteiger partial charge in [-0.25, -0.2) is 0 Å². The molecule has 1 aromatic heterocycles. The highest BCUT2D eigenvalue weighted by Crippen LogP contribution is 2.30. The number of hydrogen-bond donors (Lipinski definition) is 1. The molecule has 0 radical (unpaired) electrons. The van der Waals surface area contributed by atoms with E-state index in [0.29, 0.717) is 11.1 Å². The molecule has 3 rings (SSSR count). The number of rotatable bonds is 3. The molecule has 0 unspecified atom stereocenters. The van der Waals surface area contributed by atoms with E-state index in [0.717, 1.165) is 16.8 Å². The molecule has 0 aliphatic rings. The molecule has 0 aliphatic carbocycles. The summed E-state index contributed by atoms with van der Waals surface area (Å²) >= 11 is 0. The van der Waals surface area contributed by atoms with Crippen molar-refractivity contribution in [2.24, 2.45) is 4.99 Å². The maximum atomic E-state index is 9.71. The fourth-order valence-corrected chi connectivity index (χ4v) is 2.00. The van der Waals surface area contributed by atoms with Crippen molar-refractivity contribution in [3.63, 3.8) is 0 Å². The molecule has 0 fully saturated rings. The Labute approximate surface area is 115 Å². The van der Waals surface area contributed by atoms with Gasteiger partial charge in [-0.2, -0.15) is 0 Å². The van der Waals surface area contributed by atoms with E-state index in [2.05, 4.69) is 4.99 Å². The Morgan fingerprint density at radius 2 is 1.75 bits per heavy atom. The van der Waals surface area contributed by atoms with Gasteiger partial charge in [0.2, 0.25) is 0 Å². The van der Waals surface area contributed by atoms with E-state index < -0.39 is 0 Å². The van der Waals surface area contributed by atoms with Crippen LogP contribution in [0.1, 0.15) is 5.76 Å². The van der Waals surface area contributed by atoms with Gasteiger partial charge < -0.3 is 14.3 Å². The van der Waals surface area contributed by atoms with Crippen LogP contribution in [0.4, 0.5) is 5.69 Å². The summed E-state index contributed by atoms with van der Waals surface area (Å²) in [7, 11) is 1.62. The second-order valence-electron chi connectivity index (χ2n) is 4.27. The average molecular weight is 267 g/mol. The molecule has 0 saturated carbocycles. The molecule has 2 aromatic carbocycles. The van der Waals surface area contributed by atoms with Crippen LogP contribution < -0.4 is 4.74 Å². The van der Waals surface area contributed by atoms with E-state index in [-0.39, 0.29) is 5.95 Å². The zero-order valence-corrected chi connectivity index (χ0v) is 10.9. The Kier molecular flexibility index (Phi) is 3.13. The average Bonchev–Trinajstić information content (AvgIpc) is 2.83. The van der Waals surface area contributed by atoms with Crippen molar-refractivity contribution in [2.75, 3.05) is 7.11 Å². The molecule has 1 heterocycles. The molecule has 0 amide bonds. The van der Waals surface area contributed by atoms with Crippen molar-refractivity contribution < 1.29 is 14.3 Å². The smallest absolute Gasteiger partial charge is 0.290 e. The molecule has 20 heavy (non-hydrogen) atoms. The number of fused-ring (bicyclic) bond motifs is 1. The van der Waals surface area contributed by atoms with Crippen LogP contribution in [-0.4, -0.2) is 18.4 Å². The van der Waals surface area contributed by atoms with Crippen molar-refractivity contribution >= 4 is 22.7 Å². The summed E-state index contributed by atoms with van der Waals surface area (Å²) in [6, 6.07) is 14.8. The summed E-state index contributed by atoms with van der Waals surface area (Å²) in [6.45, 7) is 0. The minimum Gasteiger partial charge on any atom is -0.497 e. The summed E-state index contributed by atoms with van der Waals surface area (Å²) in [5.41, 5.74) is 0.783. The van der Waals surface area contributed by atoms with Gasteiger partial charge in [-0.15, -0.1) is 0 Å². The molecule has 0 bridgehead atoms. The van der Waals surface area contributed by atoms with E-state index in [9.17, 15) is 5.11 Å². The summed E-state index contributed by atoms with van der Waals surface area (Å²) in [5, 5.41) is 11.2. The number of furan rings is 1. The number of aromatic hydroxyl groups is 1. The van der Waals surface area contributed by atoms with E-state index in [4.69, 9.17) is 9.15 Å². The highest BCUT2D eigenvalue weighted by Gasteiger charge is 2.09. The monoisotopic (exact) mass is 267 g/mol. The lowest BCUT2D eigenvalue weighted by Crippen LogP contribution is -1.80. The molecule has 0 aliphatic heterocycles. The topological polar surface area (TPSA) is 55.0 Å². The summed E-state index contributed by atoms with van der Waals surface area (Å²) < 4.78 is 10.4. The van der Waals surface area contributed by atoms with Gasteiger partial charge >= 0.3 is 0 Å². The SMILES string of the molecule is COc1ccc(N=Cc2oc(O)c3ccccc23)cc1. The Bertz CT molecular complexity index is 757. The Hall–Kier alpha value is -2.75. The van der Waals surface area contributed by atoms with Gasteiger partial charge in [0.25, 0.3) is 5.95 Å². The van der Waals surface area contributed by atoms with E-state index >= 15 is 0 Å². The van der Waals surface area contributed by atoms with Gasteiger partial charge in [-0.3, -0.25) is 4.99 Å². The van der Waals surface area contributed by atoms with Gasteiger partial charge in [0, 0.05) is 5.39 Å². The minimum atomic E-state index is -0.0863. The Morgan fingerprint density at radius 1 is 1.05 bits per heavy atom. The van der Waals surface area contributed by atoms with Crippen molar-refractivity contribution in [3.8, 4) is 11.7 Å². The van der Waals surface area contributed by atoms with Crippen molar-refractivity contribution in [1.82, 2.24) is 0 Å². The van der Waals surface area contributed by atoms with Crippen molar-refractivity contribution in [2.45, 2.75) is 0 Å². The zero-order chi connectivity index (χ0) is 13.9. The molecule has 0 spiro atoms. The molecule has 0 atom stereocenters. The van der Waals surface area contributed by atoms with Gasteiger partial charge in [0.05, 0.1) is 24.4 Å².